The van der Waals surface area contributed by atoms with Gasteiger partial charge in [-0.05, 0) is 43.5 Å². The molecule has 0 radical (unpaired) electrons. The summed E-state index contributed by atoms with van der Waals surface area (Å²) in [6.45, 7) is 3.54. The largest absolute Gasteiger partial charge is 0.464 e. The molecule has 1 aliphatic rings. The van der Waals surface area contributed by atoms with E-state index in [-0.39, 0.29) is 17.9 Å². The molecule has 1 fully saturated rings. The van der Waals surface area contributed by atoms with Gasteiger partial charge in [-0.3, -0.25) is 9.59 Å². The van der Waals surface area contributed by atoms with Gasteiger partial charge in [-0.15, -0.1) is 0 Å². The lowest BCUT2D eigenvalue weighted by atomic mass is 10.0. The number of amides is 1. The van der Waals surface area contributed by atoms with Crippen molar-refractivity contribution >= 4 is 32.7 Å². The number of furan rings is 1. The van der Waals surface area contributed by atoms with Crippen molar-refractivity contribution in [2.75, 3.05) is 18.1 Å². The van der Waals surface area contributed by atoms with Crippen molar-refractivity contribution in [3.63, 3.8) is 0 Å². The third-order valence-electron chi connectivity index (χ3n) is 4.57. The Morgan fingerprint density at radius 1 is 1.27 bits per heavy atom. The predicted molar refractivity (Wildman–Crippen MR) is 95.6 cm³/mol. The molecule has 2 heterocycles. The van der Waals surface area contributed by atoms with Crippen LogP contribution in [-0.4, -0.2) is 44.4 Å². The highest BCUT2D eigenvalue weighted by atomic mass is 32.2. The Morgan fingerprint density at radius 2 is 2.00 bits per heavy atom. The molecule has 0 spiro atoms. The molecule has 1 aromatic carbocycles. The zero-order valence-corrected chi connectivity index (χ0v) is 15.5. The van der Waals surface area contributed by atoms with Crippen LogP contribution < -0.4 is 5.32 Å². The number of aryl methyl sites for hydroxylation is 2. The van der Waals surface area contributed by atoms with Crippen LogP contribution in [0.15, 0.2) is 22.8 Å². The summed E-state index contributed by atoms with van der Waals surface area (Å²) in [4.78, 5) is 23.8. The molecule has 8 heteroatoms. The topological polar surface area (TPSA) is 103 Å². The molecule has 0 saturated carbocycles. The average molecular weight is 379 g/mol. The number of hydrogen-bond donors (Lipinski definition) is 1. The maximum Gasteiger partial charge on any atom is 0.310 e. The predicted octanol–water partition coefficient (Wildman–Crippen LogP) is 1.44. The Hall–Kier alpha value is -2.35. The van der Waals surface area contributed by atoms with Gasteiger partial charge >= 0.3 is 5.97 Å². The van der Waals surface area contributed by atoms with Gasteiger partial charge in [0, 0.05) is 17.0 Å². The minimum atomic E-state index is -3.07. The highest BCUT2D eigenvalue weighted by Crippen LogP contribution is 2.25. The number of nitrogens with one attached hydrogen (secondary N) is 1. The summed E-state index contributed by atoms with van der Waals surface area (Å²) in [5.74, 6) is -1.03. The third-order valence-corrected chi connectivity index (χ3v) is 6.33. The van der Waals surface area contributed by atoms with Crippen molar-refractivity contribution < 1.29 is 27.2 Å². The molecule has 1 unspecified atom stereocenters. The zero-order valence-electron chi connectivity index (χ0n) is 14.7. The Labute approximate surface area is 151 Å². The molecule has 2 aromatic rings. The number of benzene rings is 1. The molecule has 0 bridgehead atoms. The number of carbonyl (C=O) groups is 2. The quantitative estimate of drug-likeness (QED) is 0.789. The van der Waals surface area contributed by atoms with E-state index in [2.05, 4.69) is 5.32 Å². The lowest BCUT2D eigenvalue weighted by Gasteiger charge is -2.10. The van der Waals surface area contributed by atoms with Crippen molar-refractivity contribution in [2.24, 2.45) is 0 Å². The molecule has 1 N–H and O–H groups in total. The molecular weight excluding hydrogens is 358 g/mol. The summed E-state index contributed by atoms with van der Waals surface area (Å²) in [6, 6.07) is 3.47. The Kier molecular flexibility index (Phi) is 5.04. The summed E-state index contributed by atoms with van der Waals surface area (Å²) in [7, 11) is -3.07. The van der Waals surface area contributed by atoms with E-state index in [1.807, 2.05) is 26.0 Å². The van der Waals surface area contributed by atoms with Crippen LogP contribution in [0.5, 0.6) is 0 Å². The second-order valence-corrected chi connectivity index (χ2v) is 8.93. The molecule has 0 aliphatic carbocycles. The standard InChI is InChI=1S/C18H21NO6S/c1-11-5-15-13(8-24-16(15)6-12(11)2)7-18(21)25-9-17(20)19-14-3-4-26(22,23)10-14/h5-6,8,14H,3-4,7,9-10H2,1-2H3,(H,19,20). The van der Waals surface area contributed by atoms with Gasteiger partial charge in [-0.25, -0.2) is 8.42 Å². The Morgan fingerprint density at radius 3 is 2.69 bits per heavy atom. The van der Waals surface area contributed by atoms with Crippen LogP contribution in [-0.2, 0) is 30.6 Å². The average Bonchev–Trinajstić information content (AvgIpc) is 3.09. The first kappa shape index (κ1) is 18.4. The van der Waals surface area contributed by atoms with Crippen LogP contribution in [0.25, 0.3) is 11.0 Å². The first-order valence-electron chi connectivity index (χ1n) is 8.36. The van der Waals surface area contributed by atoms with Crippen LogP contribution in [0, 0.1) is 13.8 Å². The molecule has 1 atom stereocenters. The van der Waals surface area contributed by atoms with E-state index in [1.54, 1.807) is 0 Å². The highest BCUT2D eigenvalue weighted by molar-refractivity contribution is 7.91. The van der Waals surface area contributed by atoms with E-state index in [1.165, 1.54) is 6.26 Å². The highest BCUT2D eigenvalue weighted by Gasteiger charge is 2.29. The van der Waals surface area contributed by atoms with Gasteiger partial charge in [0.2, 0.25) is 0 Å². The fourth-order valence-electron chi connectivity index (χ4n) is 3.00. The van der Waals surface area contributed by atoms with Gasteiger partial charge in [0.05, 0.1) is 24.2 Å². The molecule has 7 nitrogen and oxygen atoms in total. The minimum absolute atomic E-state index is 0.000584. The normalized spacial score (nSPS) is 18.8. The van der Waals surface area contributed by atoms with Gasteiger partial charge < -0.3 is 14.5 Å². The fourth-order valence-corrected chi connectivity index (χ4v) is 4.68. The summed E-state index contributed by atoms with van der Waals surface area (Å²) >= 11 is 0. The first-order chi connectivity index (χ1) is 12.2. The van der Waals surface area contributed by atoms with E-state index in [0.717, 1.165) is 16.5 Å². The van der Waals surface area contributed by atoms with Crippen molar-refractivity contribution in [2.45, 2.75) is 32.7 Å². The monoisotopic (exact) mass is 379 g/mol. The summed E-state index contributed by atoms with van der Waals surface area (Å²) in [5, 5.41) is 3.43. The maximum atomic E-state index is 12.0. The van der Waals surface area contributed by atoms with Gasteiger partial charge in [0.1, 0.15) is 5.58 Å². The smallest absolute Gasteiger partial charge is 0.310 e. The first-order valence-corrected chi connectivity index (χ1v) is 10.2. The van der Waals surface area contributed by atoms with E-state index < -0.39 is 34.4 Å². The fraction of sp³-hybridized carbons (Fsp3) is 0.444. The van der Waals surface area contributed by atoms with Crippen LogP contribution in [0.1, 0.15) is 23.1 Å². The number of ether oxygens (including phenoxy) is 1. The van der Waals surface area contributed by atoms with Crippen LogP contribution >= 0.6 is 0 Å². The molecular formula is C18H21NO6S. The Balaban J connectivity index is 1.53. The van der Waals surface area contributed by atoms with Gasteiger partial charge in [-0.2, -0.15) is 0 Å². The second-order valence-electron chi connectivity index (χ2n) is 6.70. The summed E-state index contributed by atoms with van der Waals surface area (Å²) in [6.07, 6.45) is 1.91. The lowest BCUT2D eigenvalue weighted by Crippen LogP contribution is -2.38. The van der Waals surface area contributed by atoms with Gasteiger partial charge in [0.25, 0.3) is 5.91 Å². The van der Waals surface area contributed by atoms with Crippen LogP contribution in [0.3, 0.4) is 0 Å². The van der Waals surface area contributed by atoms with Crippen LogP contribution in [0.2, 0.25) is 0 Å². The number of carbonyl (C=O) groups excluding carboxylic acids is 2. The van der Waals surface area contributed by atoms with E-state index in [4.69, 9.17) is 9.15 Å². The van der Waals surface area contributed by atoms with E-state index in [9.17, 15) is 18.0 Å². The molecule has 1 saturated heterocycles. The minimum Gasteiger partial charge on any atom is -0.464 e. The van der Waals surface area contributed by atoms with Crippen molar-refractivity contribution in [3.8, 4) is 0 Å². The lowest BCUT2D eigenvalue weighted by molar-refractivity contribution is -0.148. The number of sulfone groups is 1. The number of esters is 1. The molecule has 1 aromatic heterocycles. The van der Waals surface area contributed by atoms with E-state index >= 15 is 0 Å². The zero-order chi connectivity index (χ0) is 18.9. The van der Waals surface area contributed by atoms with Crippen molar-refractivity contribution in [3.05, 3.63) is 35.1 Å². The van der Waals surface area contributed by atoms with Crippen LogP contribution in [0.4, 0.5) is 0 Å². The molecule has 140 valence electrons. The SMILES string of the molecule is Cc1cc2occ(CC(=O)OCC(=O)NC3CCS(=O)(=O)C3)c2cc1C. The van der Waals surface area contributed by atoms with Crippen molar-refractivity contribution in [1.82, 2.24) is 5.32 Å². The molecule has 1 aliphatic heterocycles. The number of hydrogen-bond acceptors (Lipinski definition) is 6. The third kappa shape index (κ3) is 4.24. The molecule has 26 heavy (non-hydrogen) atoms. The van der Waals surface area contributed by atoms with Gasteiger partial charge in [-0.1, -0.05) is 0 Å². The number of fused-ring (bicyclic) bond motifs is 1. The molecule has 1 amide bonds. The maximum absolute atomic E-state index is 12.0. The second kappa shape index (κ2) is 7.11. The molecule has 3 rings (SSSR count). The van der Waals surface area contributed by atoms with E-state index in [0.29, 0.717) is 17.6 Å². The summed E-state index contributed by atoms with van der Waals surface area (Å²) in [5.41, 5.74) is 3.61. The van der Waals surface area contributed by atoms with Gasteiger partial charge in [0.15, 0.2) is 16.4 Å². The summed E-state index contributed by atoms with van der Waals surface area (Å²) < 4.78 is 33.2. The van der Waals surface area contributed by atoms with Crippen molar-refractivity contribution in [1.29, 1.82) is 0 Å². The number of rotatable bonds is 5. The Bertz CT molecular complexity index is 959.